The van der Waals surface area contributed by atoms with Gasteiger partial charge in [0.25, 0.3) is 0 Å². The summed E-state index contributed by atoms with van der Waals surface area (Å²) in [6.45, 7) is 20.2. The molecule has 0 bridgehead atoms. The average molecular weight is 636 g/mol. The van der Waals surface area contributed by atoms with Gasteiger partial charge in [-0.1, -0.05) is 58.2 Å². The smallest absolute Gasteiger partial charge is 0.408 e. The monoisotopic (exact) mass is 635 g/mol. The van der Waals surface area contributed by atoms with Crippen molar-refractivity contribution in [2.45, 2.75) is 117 Å². The minimum atomic E-state index is -2.05. The molecule has 0 radical (unpaired) electrons. The predicted molar refractivity (Wildman–Crippen MR) is 172 cm³/mol. The molecule has 0 aromatic heterocycles. The third-order valence-electron chi connectivity index (χ3n) is 8.24. The highest BCUT2D eigenvalue weighted by Gasteiger charge is 2.46. The molecule has 240 valence electrons. The number of nitrogens with one attached hydrogen (secondary N) is 2. The van der Waals surface area contributed by atoms with Crippen LogP contribution in [0.1, 0.15) is 79.4 Å². The molecular weight excluding hydrogens is 586 g/mol. The van der Waals surface area contributed by atoms with Crippen molar-refractivity contribution in [1.29, 1.82) is 0 Å². The van der Waals surface area contributed by atoms with E-state index in [1.807, 2.05) is 13.8 Å². The van der Waals surface area contributed by atoms with E-state index in [1.165, 1.54) is 4.90 Å². The van der Waals surface area contributed by atoms with Crippen molar-refractivity contribution < 1.29 is 28.7 Å². The number of ether oxygens (including phenoxy) is 1. The highest BCUT2D eigenvalue weighted by atomic mass is 35.5. The van der Waals surface area contributed by atoms with Gasteiger partial charge in [0.1, 0.15) is 17.7 Å². The van der Waals surface area contributed by atoms with Crippen LogP contribution in [0.4, 0.5) is 4.79 Å². The summed E-state index contributed by atoms with van der Waals surface area (Å²) < 4.78 is 11.9. The molecular formula is C32H50ClN3O6Si. The maximum Gasteiger partial charge on any atom is 0.408 e. The summed E-state index contributed by atoms with van der Waals surface area (Å²) in [5, 5.41) is 16.6. The number of alkyl carbamates (subject to hydrolysis) is 1. The summed E-state index contributed by atoms with van der Waals surface area (Å²) in [5.41, 5.74) is -0.273. The van der Waals surface area contributed by atoms with Crippen molar-refractivity contribution in [2.75, 3.05) is 13.2 Å². The first-order chi connectivity index (χ1) is 19.6. The molecule has 0 spiro atoms. The van der Waals surface area contributed by atoms with Gasteiger partial charge >= 0.3 is 6.09 Å². The lowest BCUT2D eigenvalue weighted by atomic mass is 9.80. The number of aliphatic hydroxyl groups excluding tert-OH is 1. The third kappa shape index (κ3) is 10.2. The number of aliphatic hydroxyl groups is 1. The van der Waals surface area contributed by atoms with Crippen LogP contribution >= 0.6 is 11.6 Å². The molecule has 1 aliphatic heterocycles. The maximum absolute atomic E-state index is 14.2. The van der Waals surface area contributed by atoms with Crippen LogP contribution in [0.2, 0.25) is 23.2 Å². The number of terminal acetylenes is 1. The minimum absolute atomic E-state index is 0.0149. The molecule has 43 heavy (non-hydrogen) atoms. The fourth-order valence-corrected chi connectivity index (χ4v) is 5.79. The van der Waals surface area contributed by atoms with Crippen LogP contribution in [0.5, 0.6) is 0 Å². The number of benzene rings is 1. The Kier molecular flexibility index (Phi) is 11.9. The first-order valence-electron chi connectivity index (χ1n) is 14.7. The fourth-order valence-electron chi connectivity index (χ4n) is 4.50. The van der Waals surface area contributed by atoms with Gasteiger partial charge in [-0.2, -0.15) is 0 Å². The molecule has 1 aliphatic rings. The van der Waals surface area contributed by atoms with E-state index in [1.54, 1.807) is 39.0 Å². The maximum atomic E-state index is 14.2. The van der Waals surface area contributed by atoms with Crippen LogP contribution < -0.4 is 10.6 Å². The molecule has 3 N–H and O–H groups in total. The topological polar surface area (TPSA) is 117 Å². The SMILES string of the molecule is C#Cc1ccc(CNC(=O)[C@@H]2C[C@@H](O)CN2C(=O)[C@H](NC(=O)OC(C)(C)C)C(C)(C)CCO[Si](C)(C)C(C)(C)C)c(Cl)c1. The Morgan fingerprint density at radius 2 is 1.79 bits per heavy atom. The van der Waals surface area contributed by atoms with Crippen LogP contribution in [0, 0.1) is 17.8 Å². The molecule has 0 unspecified atom stereocenters. The molecule has 1 heterocycles. The Morgan fingerprint density at radius 3 is 2.33 bits per heavy atom. The van der Waals surface area contributed by atoms with E-state index in [9.17, 15) is 19.5 Å². The second-order valence-electron chi connectivity index (χ2n) is 14.5. The lowest BCUT2D eigenvalue weighted by molar-refractivity contribution is -0.142. The van der Waals surface area contributed by atoms with Crippen molar-refractivity contribution in [3.8, 4) is 12.3 Å². The number of β-amino-alcohol motifs (C(OH)–C–C–N with tert-alkyl or cyclic N) is 1. The van der Waals surface area contributed by atoms with Crippen LogP contribution in [0.3, 0.4) is 0 Å². The van der Waals surface area contributed by atoms with E-state index in [-0.39, 0.29) is 24.5 Å². The number of carbonyl (C=O) groups excluding carboxylic acids is 3. The van der Waals surface area contributed by atoms with E-state index >= 15 is 0 Å². The zero-order valence-electron chi connectivity index (χ0n) is 27.4. The number of halogens is 1. The van der Waals surface area contributed by atoms with Gasteiger partial charge in [0.15, 0.2) is 8.32 Å². The highest BCUT2D eigenvalue weighted by Crippen LogP contribution is 2.38. The van der Waals surface area contributed by atoms with Crippen LogP contribution in [-0.4, -0.2) is 73.2 Å². The lowest BCUT2D eigenvalue weighted by Gasteiger charge is -2.40. The predicted octanol–water partition coefficient (Wildman–Crippen LogP) is 5.23. The number of nitrogens with zero attached hydrogens (tertiary/aromatic N) is 1. The van der Waals surface area contributed by atoms with E-state index in [0.717, 1.165) is 0 Å². The standard InChI is InChI=1S/C32H50ClN3O6Si/c1-12-21-13-14-22(24(33)17-21)19-34-27(38)25-18-23(37)20-36(25)28(39)26(35-29(40)42-30(2,3)4)32(8,9)15-16-41-43(10,11)31(5,6)7/h1,13-14,17,23,25-26,37H,15-16,18-20H2,2-11H3,(H,34,38)(H,35,40)/t23-,25+,26+/m1/s1. The minimum Gasteiger partial charge on any atom is -0.444 e. The second-order valence-corrected chi connectivity index (χ2v) is 19.7. The summed E-state index contributed by atoms with van der Waals surface area (Å²) in [6, 6.07) is 3.12. The molecule has 2 rings (SSSR count). The van der Waals surface area contributed by atoms with Gasteiger partial charge in [-0.3, -0.25) is 9.59 Å². The Bertz CT molecular complexity index is 1210. The summed E-state index contributed by atoms with van der Waals surface area (Å²) in [4.78, 5) is 41.8. The Labute approximate surface area is 263 Å². The molecule has 1 fully saturated rings. The quantitative estimate of drug-likeness (QED) is 0.239. The molecule has 11 heteroatoms. The number of rotatable bonds is 10. The average Bonchev–Trinajstić information content (AvgIpc) is 3.25. The van der Waals surface area contributed by atoms with E-state index in [4.69, 9.17) is 27.2 Å². The molecule has 9 nitrogen and oxygen atoms in total. The summed E-state index contributed by atoms with van der Waals surface area (Å²) in [7, 11) is -2.05. The first kappa shape index (κ1) is 36.6. The molecule has 1 aromatic carbocycles. The van der Waals surface area contributed by atoms with Gasteiger partial charge in [0.2, 0.25) is 11.8 Å². The second kappa shape index (κ2) is 14.0. The zero-order valence-corrected chi connectivity index (χ0v) is 29.1. The van der Waals surface area contributed by atoms with Gasteiger partial charge in [-0.05, 0) is 68.4 Å². The van der Waals surface area contributed by atoms with Crippen molar-refractivity contribution >= 4 is 37.8 Å². The summed E-state index contributed by atoms with van der Waals surface area (Å²) >= 11 is 6.32. The van der Waals surface area contributed by atoms with Crippen molar-refractivity contribution in [1.82, 2.24) is 15.5 Å². The first-order valence-corrected chi connectivity index (χ1v) is 18.0. The molecule has 3 amide bonds. The summed E-state index contributed by atoms with van der Waals surface area (Å²) in [5.74, 6) is 1.61. The molecule has 0 saturated carbocycles. The van der Waals surface area contributed by atoms with Crippen molar-refractivity contribution in [2.24, 2.45) is 5.41 Å². The third-order valence-corrected chi connectivity index (χ3v) is 13.1. The van der Waals surface area contributed by atoms with Crippen LogP contribution in [0.15, 0.2) is 18.2 Å². The number of hydrogen-bond acceptors (Lipinski definition) is 6. The highest BCUT2D eigenvalue weighted by molar-refractivity contribution is 6.74. The molecule has 1 saturated heterocycles. The van der Waals surface area contributed by atoms with Crippen LogP contribution in [-0.2, 0) is 25.3 Å². The van der Waals surface area contributed by atoms with Gasteiger partial charge < -0.3 is 29.8 Å². The summed E-state index contributed by atoms with van der Waals surface area (Å²) in [6.07, 6.45) is 4.32. The number of likely N-dealkylation sites (tertiary alicyclic amines) is 1. The number of amides is 3. The number of hydrogen-bond donors (Lipinski definition) is 3. The zero-order chi connectivity index (χ0) is 33.0. The van der Waals surface area contributed by atoms with Gasteiger partial charge in [0, 0.05) is 36.7 Å². The van der Waals surface area contributed by atoms with E-state index < -0.39 is 55.4 Å². The molecule has 3 atom stereocenters. The van der Waals surface area contributed by atoms with E-state index in [2.05, 4.69) is 50.4 Å². The fraction of sp³-hybridized carbons (Fsp3) is 0.656. The Balaban J connectivity index is 2.28. The van der Waals surface area contributed by atoms with E-state index in [0.29, 0.717) is 29.2 Å². The Hall–Kier alpha value is -2.58. The van der Waals surface area contributed by atoms with Gasteiger partial charge in [-0.25, -0.2) is 4.79 Å². The van der Waals surface area contributed by atoms with Gasteiger partial charge in [0.05, 0.1) is 6.10 Å². The largest absolute Gasteiger partial charge is 0.444 e. The number of carbonyl (C=O) groups is 3. The Morgan fingerprint density at radius 1 is 1.16 bits per heavy atom. The van der Waals surface area contributed by atoms with Crippen LogP contribution in [0.25, 0.3) is 0 Å². The molecule has 0 aliphatic carbocycles. The van der Waals surface area contributed by atoms with Gasteiger partial charge in [-0.15, -0.1) is 6.42 Å². The normalized spacial score (nSPS) is 18.5. The lowest BCUT2D eigenvalue weighted by Crippen LogP contribution is -2.59. The molecule has 1 aromatic rings. The van der Waals surface area contributed by atoms with Crippen molar-refractivity contribution in [3.63, 3.8) is 0 Å². The van der Waals surface area contributed by atoms with Crippen molar-refractivity contribution in [3.05, 3.63) is 34.3 Å².